The summed E-state index contributed by atoms with van der Waals surface area (Å²) in [4.78, 5) is 36.9. The lowest BCUT2D eigenvalue weighted by Gasteiger charge is -2.29. The lowest BCUT2D eigenvalue weighted by atomic mass is 10.1. The van der Waals surface area contributed by atoms with Gasteiger partial charge in [-0.2, -0.15) is 0 Å². The molecule has 1 heterocycles. The molecule has 0 radical (unpaired) electrons. The number of carbonyl (C=O) groups is 3. The smallest absolute Gasteiger partial charge is 0.410 e. The van der Waals surface area contributed by atoms with Crippen LogP contribution in [0.2, 0.25) is 0 Å². The third-order valence-corrected chi connectivity index (χ3v) is 3.27. The number of aliphatic hydroxyl groups excluding tert-OH is 1. The summed E-state index contributed by atoms with van der Waals surface area (Å²) >= 11 is 0. The van der Waals surface area contributed by atoms with Crippen molar-refractivity contribution >= 4 is 17.9 Å². The number of nitrogens with two attached hydrogens (primary N) is 1. The molecule has 1 aliphatic heterocycles. The summed E-state index contributed by atoms with van der Waals surface area (Å²) in [6, 6.07) is -1.91. The van der Waals surface area contributed by atoms with E-state index in [1.807, 2.05) is 0 Å². The highest BCUT2D eigenvalue weighted by molar-refractivity contribution is 5.91. The number of primary amides is 1. The Bertz CT molecular complexity index is 444. The van der Waals surface area contributed by atoms with E-state index in [9.17, 15) is 19.5 Å². The van der Waals surface area contributed by atoms with Gasteiger partial charge in [0.15, 0.2) is 0 Å². The molecule has 1 aliphatic rings. The van der Waals surface area contributed by atoms with Crippen LogP contribution in [-0.4, -0.2) is 58.2 Å². The highest BCUT2D eigenvalue weighted by Crippen LogP contribution is 2.21. The monoisotopic (exact) mass is 315 g/mol. The lowest BCUT2D eigenvalue weighted by molar-refractivity contribution is -0.132. The summed E-state index contributed by atoms with van der Waals surface area (Å²) in [5.74, 6) is -1.35. The molecule has 0 aromatic rings. The molecule has 0 spiro atoms. The van der Waals surface area contributed by atoms with Gasteiger partial charge in [-0.25, -0.2) is 4.79 Å². The van der Waals surface area contributed by atoms with Gasteiger partial charge in [0.25, 0.3) is 0 Å². The summed E-state index contributed by atoms with van der Waals surface area (Å²) in [5.41, 5.74) is 4.49. The Morgan fingerprint density at radius 1 is 1.36 bits per heavy atom. The van der Waals surface area contributed by atoms with E-state index in [0.717, 1.165) is 0 Å². The largest absolute Gasteiger partial charge is 0.444 e. The molecule has 4 N–H and O–H groups in total. The normalized spacial score (nSPS) is 21.1. The van der Waals surface area contributed by atoms with Crippen LogP contribution >= 0.6 is 0 Å². The topological polar surface area (TPSA) is 122 Å². The van der Waals surface area contributed by atoms with E-state index < -0.39 is 41.7 Å². The Kier molecular flexibility index (Phi) is 5.76. The first-order chi connectivity index (χ1) is 10.0. The van der Waals surface area contributed by atoms with E-state index in [-0.39, 0.29) is 0 Å². The van der Waals surface area contributed by atoms with Crippen LogP contribution in [-0.2, 0) is 14.3 Å². The van der Waals surface area contributed by atoms with Crippen molar-refractivity contribution in [3.8, 4) is 0 Å². The van der Waals surface area contributed by atoms with Crippen molar-refractivity contribution in [1.82, 2.24) is 10.2 Å². The van der Waals surface area contributed by atoms with Gasteiger partial charge in [0, 0.05) is 6.54 Å². The highest BCUT2D eigenvalue weighted by atomic mass is 16.6. The molecule has 0 saturated carbocycles. The van der Waals surface area contributed by atoms with Crippen molar-refractivity contribution in [3.05, 3.63) is 0 Å². The third kappa shape index (κ3) is 4.87. The number of rotatable bonds is 4. The molecule has 1 unspecified atom stereocenters. The quantitative estimate of drug-likeness (QED) is 0.659. The number of nitrogens with one attached hydrogen (secondary N) is 1. The van der Waals surface area contributed by atoms with E-state index in [1.54, 1.807) is 20.8 Å². The number of likely N-dealkylation sites (tertiary alicyclic amines) is 1. The van der Waals surface area contributed by atoms with Crippen molar-refractivity contribution in [2.45, 2.75) is 64.3 Å². The van der Waals surface area contributed by atoms with Crippen LogP contribution in [0.1, 0.15) is 40.5 Å². The first-order valence-electron chi connectivity index (χ1n) is 7.30. The van der Waals surface area contributed by atoms with E-state index in [0.29, 0.717) is 19.4 Å². The van der Waals surface area contributed by atoms with Crippen LogP contribution in [0.5, 0.6) is 0 Å². The molecule has 126 valence electrons. The Labute approximate surface area is 130 Å². The Balaban J connectivity index is 2.75. The lowest BCUT2D eigenvalue weighted by Crippen LogP contribution is -2.56. The van der Waals surface area contributed by atoms with E-state index in [1.165, 1.54) is 11.8 Å². The number of ether oxygens (including phenoxy) is 1. The number of hydrogen-bond donors (Lipinski definition) is 3. The zero-order valence-corrected chi connectivity index (χ0v) is 13.5. The first kappa shape index (κ1) is 18.2. The van der Waals surface area contributed by atoms with Gasteiger partial charge in [0.1, 0.15) is 17.7 Å². The van der Waals surface area contributed by atoms with Gasteiger partial charge in [-0.1, -0.05) is 0 Å². The van der Waals surface area contributed by atoms with Gasteiger partial charge >= 0.3 is 6.09 Å². The van der Waals surface area contributed by atoms with Crippen LogP contribution in [0.25, 0.3) is 0 Å². The molecule has 1 rings (SSSR count). The van der Waals surface area contributed by atoms with Gasteiger partial charge in [-0.05, 0) is 40.5 Å². The van der Waals surface area contributed by atoms with Crippen LogP contribution < -0.4 is 11.1 Å². The summed E-state index contributed by atoms with van der Waals surface area (Å²) in [5, 5.41) is 11.9. The molecule has 1 fully saturated rings. The number of nitrogens with zero attached hydrogens (tertiary/aromatic N) is 1. The minimum atomic E-state index is -1.19. The SMILES string of the molecule is C[C@@H](O)[C@H](NC(=O)C1CCCN1C(=O)OC(C)(C)C)C(N)=O. The molecule has 8 heteroatoms. The Hall–Kier alpha value is -1.83. The molecular weight excluding hydrogens is 290 g/mol. The number of hydrogen-bond acceptors (Lipinski definition) is 5. The van der Waals surface area contributed by atoms with Gasteiger partial charge in [-0.3, -0.25) is 14.5 Å². The fourth-order valence-corrected chi connectivity index (χ4v) is 2.26. The fraction of sp³-hybridized carbons (Fsp3) is 0.786. The average Bonchev–Trinajstić information content (AvgIpc) is 2.81. The van der Waals surface area contributed by atoms with Crippen LogP contribution in [0.3, 0.4) is 0 Å². The van der Waals surface area contributed by atoms with Gasteiger partial charge in [-0.15, -0.1) is 0 Å². The molecule has 3 amide bonds. The van der Waals surface area contributed by atoms with Crippen molar-refractivity contribution in [2.75, 3.05) is 6.54 Å². The maximum absolute atomic E-state index is 12.3. The maximum Gasteiger partial charge on any atom is 0.410 e. The molecule has 0 aromatic carbocycles. The molecule has 3 atom stereocenters. The molecule has 0 aromatic heterocycles. The molecule has 0 bridgehead atoms. The Morgan fingerprint density at radius 2 is 1.95 bits per heavy atom. The first-order valence-corrected chi connectivity index (χ1v) is 7.30. The summed E-state index contributed by atoms with van der Waals surface area (Å²) < 4.78 is 5.27. The van der Waals surface area contributed by atoms with Crippen LogP contribution in [0.4, 0.5) is 4.79 Å². The number of aliphatic hydroxyl groups is 1. The van der Waals surface area contributed by atoms with Crippen LogP contribution in [0.15, 0.2) is 0 Å². The van der Waals surface area contributed by atoms with Gasteiger partial charge < -0.3 is 20.9 Å². The average molecular weight is 315 g/mol. The summed E-state index contributed by atoms with van der Waals surface area (Å²) in [7, 11) is 0. The van der Waals surface area contributed by atoms with Crippen molar-refractivity contribution in [3.63, 3.8) is 0 Å². The number of carbonyl (C=O) groups excluding carboxylic acids is 3. The zero-order valence-electron chi connectivity index (χ0n) is 13.5. The summed E-state index contributed by atoms with van der Waals surface area (Å²) in [6.07, 6.45) is -0.556. The molecule has 8 nitrogen and oxygen atoms in total. The van der Waals surface area contributed by atoms with Crippen molar-refractivity contribution in [1.29, 1.82) is 0 Å². The second-order valence-electron chi connectivity index (χ2n) is 6.46. The minimum Gasteiger partial charge on any atom is -0.444 e. The second-order valence-corrected chi connectivity index (χ2v) is 6.46. The molecular formula is C14H25N3O5. The van der Waals surface area contributed by atoms with Crippen molar-refractivity contribution < 1.29 is 24.2 Å². The predicted molar refractivity (Wildman–Crippen MR) is 78.8 cm³/mol. The summed E-state index contributed by atoms with van der Waals surface area (Å²) in [6.45, 7) is 6.99. The fourth-order valence-electron chi connectivity index (χ4n) is 2.26. The molecule has 22 heavy (non-hydrogen) atoms. The van der Waals surface area contributed by atoms with E-state index >= 15 is 0 Å². The van der Waals surface area contributed by atoms with Gasteiger partial charge in [0.05, 0.1) is 6.10 Å². The third-order valence-electron chi connectivity index (χ3n) is 3.27. The Morgan fingerprint density at radius 3 is 2.41 bits per heavy atom. The standard InChI is InChI=1S/C14H25N3O5/c1-8(18)10(11(15)19)16-12(20)9-6-5-7-17(9)13(21)22-14(2,3)4/h8-10,18H,5-7H2,1-4H3,(H2,15,19)(H,16,20)/t8-,9?,10+/m1/s1. The van der Waals surface area contributed by atoms with E-state index in [4.69, 9.17) is 10.5 Å². The predicted octanol–water partition coefficient (Wildman–Crippen LogP) is -0.263. The second kappa shape index (κ2) is 6.95. The maximum atomic E-state index is 12.3. The van der Waals surface area contributed by atoms with Crippen LogP contribution in [0, 0.1) is 0 Å². The highest BCUT2D eigenvalue weighted by Gasteiger charge is 2.38. The van der Waals surface area contributed by atoms with E-state index in [2.05, 4.69) is 5.32 Å². The van der Waals surface area contributed by atoms with Gasteiger partial charge in [0.2, 0.25) is 11.8 Å². The molecule has 1 saturated heterocycles. The van der Waals surface area contributed by atoms with Crippen molar-refractivity contribution in [2.24, 2.45) is 5.73 Å². The zero-order chi connectivity index (χ0) is 17.1. The minimum absolute atomic E-state index is 0.406. The molecule has 0 aliphatic carbocycles. The number of amides is 3.